The van der Waals surface area contributed by atoms with Crippen molar-refractivity contribution in [2.45, 2.75) is 0 Å². The predicted octanol–water partition coefficient (Wildman–Crippen LogP) is 3.36. The van der Waals surface area contributed by atoms with Crippen LogP contribution in [-0.2, 0) is 0 Å². The van der Waals surface area contributed by atoms with Crippen LogP contribution in [-0.4, -0.2) is 22.4 Å². The number of benzene rings is 2. The molecule has 0 bridgehead atoms. The first-order valence-corrected chi connectivity index (χ1v) is 6.67. The molecule has 0 aliphatic carbocycles. The van der Waals surface area contributed by atoms with E-state index in [-0.39, 0.29) is 23.8 Å². The van der Waals surface area contributed by atoms with Gasteiger partial charge in [0.15, 0.2) is 0 Å². The van der Waals surface area contributed by atoms with Gasteiger partial charge in [0.05, 0.1) is 17.0 Å². The fourth-order valence-corrected chi connectivity index (χ4v) is 2.54. The van der Waals surface area contributed by atoms with Crippen LogP contribution in [0.1, 0.15) is 5.56 Å². The second-order valence-electron chi connectivity index (χ2n) is 4.87. The maximum atomic E-state index is 11.2. The number of rotatable bonds is 3. The number of nitro benzene ring substituents is 1. The Bertz CT molecular complexity index is 784. The summed E-state index contributed by atoms with van der Waals surface area (Å²) in [5, 5.41) is 29.6. The van der Waals surface area contributed by atoms with Crippen LogP contribution in [0.4, 0.5) is 11.4 Å². The first-order chi connectivity index (χ1) is 10.6. The molecule has 6 nitrogen and oxygen atoms in total. The number of nitrogens with one attached hydrogen (secondary N) is 1. The van der Waals surface area contributed by atoms with Crippen molar-refractivity contribution in [1.82, 2.24) is 0 Å². The lowest BCUT2D eigenvalue weighted by molar-refractivity contribution is -0.384. The SMILES string of the molecule is N=C1C(c2ccccc2)=C(O)CN1c1ccccc1[N+](=O)[O-]. The van der Waals surface area contributed by atoms with E-state index < -0.39 is 4.92 Å². The molecule has 1 heterocycles. The van der Waals surface area contributed by atoms with Gasteiger partial charge in [0.25, 0.3) is 5.69 Å². The van der Waals surface area contributed by atoms with E-state index in [1.54, 1.807) is 30.3 Å². The molecule has 0 saturated carbocycles. The van der Waals surface area contributed by atoms with Crippen LogP contribution in [0.3, 0.4) is 0 Å². The summed E-state index contributed by atoms with van der Waals surface area (Å²) in [6.45, 7) is 0.0495. The topological polar surface area (TPSA) is 90.5 Å². The minimum Gasteiger partial charge on any atom is -0.510 e. The highest BCUT2D eigenvalue weighted by molar-refractivity contribution is 6.31. The highest BCUT2D eigenvalue weighted by atomic mass is 16.6. The van der Waals surface area contributed by atoms with Crippen LogP contribution in [0.15, 0.2) is 60.4 Å². The molecule has 0 radical (unpaired) electrons. The summed E-state index contributed by atoms with van der Waals surface area (Å²) in [4.78, 5) is 12.1. The summed E-state index contributed by atoms with van der Waals surface area (Å²) in [6, 6.07) is 15.3. The number of nitro groups is 1. The molecule has 0 atom stereocenters. The first kappa shape index (κ1) is 13.8. The number of aliphatic hydroxyl groups excluding tert-OH is 1. The average Bonchev–Trinajstić information content (AvgIpc) is 2.83. The summed E-state index contributed by atoms with van der Waals surface area (Å²) < 4.78 is 0. The normalized spacial score (nSPS) is 14.5. The van der Waals surface area contributed by atoms with Crippen LogP contribution in [0.5, 0.6) is 0 Å². The van der Waals surface area contributed by atoms with Crippen molar-refractivity contribution in [3.63, 3.8) is 0 Å². The second-order valence-corrected chi connectivity index (χ2v) is 4.87. The molecular weight excluding hydrogens is 282 g/mol. The first-order valence-electron chi connectivity index (χ1n) is 6.67. The molecule has 2 aromatic rings. The number of anilines is 1. The van der Waals surface area contributed by atoms with Gasteiger partial charge in [-0.2, -0.15) is 0 Å². The van der Waals surface area contributed by atoms with E-state index in [4.69, 9.17) is 5.41 Å². The van der Waals surface area contributed by atoms with Gasteiger partial charge in [-0.3, -0.25) is 15.5 Å². The van der Waals surface area contributed by atoms with Crippen molar-refractivity contribution in [3.8, 4) is 0 Å². The van der Waals surface area contributed by atoms with Crippen molar-refractivity contribution < 1.29 is 10.0 Å². The van der Waals surface area contributed by atoms with Crippen molar-refractivity contribution in [2.24, 2.45) is 0 Å². The van der Waals surface area contributed by atoms with Crippen LogP contribution in [0.25, 0.3) is 5.57 Å². The Balaban J connectivity index is 2.02. The van der Waals surface area contributed by atoms with E-state index in [2.05, 4.69) is 0 Å². The summed E-state index contributed by atoms with van der Waals surface area (Å²) >= 11 is 0. The molecule has 0 amide bonds. The van der Waals surface area contributed by atoms with Crippen LogP contribution in [0.2, 0.25) is 0 Å². The van der Waals surface area contributed by atoms with Gasteiger partial charge in [-0.25, -0.2) is 0 Å². The van der Waals surface area contributed by atoms with Gasteiger partial charge in [0.2, 0.25) is 0 Å². The molecule has 0 saturated heterocycles. The molecule has 1 aliphatic rings. The number of hydrogen-bond donors (Lipinski definition) is 2. The standard InChI is InChI=1S/C16H13N3O3/c17-16-15(11-6-2-1-3-7-11)14(20)10-18(16)12-8-4-5-9-13(12)19(21)22/h1-9,17,20H,10H2. The smallest absolute Gasteiger partial charge is 0.292 e. The zero-order valence-corrected chi connectivity index (χ0v) is 11.6. The van der Waals surface area contributed by atoms with E-state index in [0.29, 0.717) is 16.8 Å². The molecule has 1 aliphatic heterocycles. The fraction of sp³-hybridized carbons (Fsp3) is 0.0625. The van der Waals surface area contributed by atoms with Gasteiger partial charge in [0.1, 0.15) is 17.3 Å². The van der Waals surface area contributed by atoms with Gasteiger partial charge >= 0.3 is 0 Å². The number of amidine groups is 1. The van der Waals surface area contributed by atoms with Gasteiger partial charge in [-0.15, -0.1) is 0 Å². The van der Waals surface area contributed by atoms with Gasteiger partial charge in [-0.1, -0.05) is 42.5 Å². The molecule has 0 aromatic heterocycles. The van der Waals surface area contributed by atoms with Crippen LogP contribution < -0.4 is 4.90 Å². The van der Waals surface area contributed by atoms with Crippen molar-refractivity contribution in [2.75, 3.05) is 11.4 Å². The van der Waals surface area contributed by atoms with Gasteiger partial charge in [-0.05, 0) is 11.6 Å². The molecular formula is C16H13N3O3. The van der Waals surface area contributed by atoms with E-state index in [1.807, 2.05) is 18.2 Å². The van der Waals surface area contributed by atoms with Gasteiger partial charge < -0.3 is 10.0 Å². The minimum absolute atomic E-state index is 0.0364. The lowest BCUT2D eigenvalue weighted by Gasteiger charge is -2.18. The highest BCUT2D eigenvalue weighted by Gasteiger charge is 2.32. The average molecular weight is 295 g/mol. The molecule has 22 heavy (non-hydrogen) atoms. The predicted molar refractivity (Wildman–Crippen MR) is 84.2 cm³/mol. The lowest BCUT2D eigenvalue weighted by Crippen LogP contribution is -2.26. The molecule has 0 spiro atoms. The number of nitrogens with zero attached hydrogens (tertiary/aromatic N) is 2. The summed E-state index contributed by atoms with van der Waals surface area (Å²) in [7, 11) is 0. The van der Waals surface area contributed by atoms with E-state index >= 15 is 0 Å². The van der Waals surface area contributed by atoms with Crippen molar-refractivity contribution >= 4 is 22.8 Å². The van der Waals surface area contributed by atoms with E-state index in [0.717, 1.165) is 0 Å². The summed E-state index contributed by atoms with van der Waals surface area (Å²) in [5.74, 6) is 0.0901. The Hall–Kier alpha value is -3.15. The number of hydrogen-bond acceptors (Lipinski definition) is 4. The van der Waals surface area contributed by atoms with Crippen molar-refractivity contribution in [3.05, 3.63) is 76.0 Å². The monoisotopic (exact) mass is 295 g/mol. The van der Waals surface area contributed by atoms with Crippen molar-refractivity contribution in [1.29, 1.82) is 5.41 Å². The molecule has 2 N–H and O–H groups in total. The molecule has 6 heteroatoms. The summed E-state index contributed by atoms with van der Waals surface area (Å²) in [6.07, 6.45) is 0. The zero-order valence-electron chi connectivity index (χ0n) is 11.6. The second kappa shape index (κ2) is 5.33. The zero-order chi connectivity index (χ0) is 15.7. The summed E-state index contributed by atoms with van der Waals surface area (Å²) in [5.41, 5.74) is 1.33. The third-order valence-corrected chi connectivity index (χ3v) is 3.53. The molecule has 0 fully saturated rings. The Kier molecular flexibility index (Phi) is 3.34. The third-order valence-electron chi connectivity index (χ3n) is 3.53. The largest absolute Gasteiger partial charge is 0.510 e. The Morgan fingerprint density at radius 1 is 1.09 bits per heavy atom. The van der Waals surface area contributed by atoms with Crippen LogP contribution >= 0.6 is 0 Å². The number of aliphatic hydroxyl groups is 1. The number of para-hydroxylation sites is 2. The lowest BCUT2D eigenvalue weighted by atomic mass is 10.1. The van der Waals surface area contributed by atoms with Gasteiger partial charge in [0, 0.05) is 6.07 Å². The minimum atomic E-state index is -0.486. The molecule has 110 valence electrons. The molecule has 0 unspecified atom stereocenters. The fourth-order valence-electron chi connectivity index (χ4n) is 2.54. The van der Waals surface area contributed by atoms with Crippen LogP contribution in [0, 0.1) is 15.5 Å². The molecule has 3 rings (SSSR count). The maximum Gasteiger partial charge on any atom is 0.292 e. The maximum absolute atomic E-state index is 11.2. The Labute approximate surface area is 126 Å². The molecule has 2 aromatic carbocycles. The third kappa shape index (κ3) is 2.20. The Morgan fingerprint density at radius 2 is 1.73 bits per heavy atom. The Morgan fingerprint density at radius 3 is 2.41 bits per heavy atom. The van der Waals surface area contributed by atoms with E-state index in [9.17, 15) is 15.2 Å². The quantitative estimate of drug-likeness (QED) is 0.671. The van der Waals surface area contributed by atoms with E-state index in [1.165, 1.54) is 11.0 Å². The highest BCUT2D eigenvalue weighted by Crippen LogP contribution is 2.35.